The van der Waals surface area contributed by atoms with Crippen LogP contribution in [0.1, 0.15) is 23.1 Å². The first-order valence-corrected chi connectivity index (χ1v) is 8.44. The van der Waals surface area contributed by atoms with Crippen LogP contribution in [0, 0.1) is 35.3 Å². The second-order valence-electron chi connectivity index (χ2n) is 6.26. The normalized spacial score (nSPS) is 12.3. The van der Waals surface area contributed by atoms with Gasteiger partial charge in [0.15, 0.2) is 0 Å². The fraction of sp³-hybridized carbons (Fsp3) is 0.136. The van der Waals surface area contributed by atoms with Crippen molar-refractivity contribution in [1.82, 2.24) is 9.55 Å². The van der Waals surface area contributed by atoms with Crippen molar-refractivity contribution in [3.05, 3.63) is 93.7 Å². The maximum atomic E-state index is 14.5. The lowest BCUT2D eigenvalue weighted by molar-refractivity contribution is 0.488. The Balaban J connectivity index is 2.06. The first-order valence-electron chi connectivity index (χ1n) is 8.44. The van der Waals surface area contributed by atoms with Crippen molar-refractivity contribution in [3.63, 3.8) is 0 Å². The predicted molar refractivity (Wildman–Crippen MR) is 103 cm³/mol. The summed E-state index contributed by atoms with van der Waals surface area (Å²) in [5.41, 5.74) is 5.19. The van der Waals surface area contributed by atoms with E-state index >= 15 is 0 Å². The molecule has 0 saturated carbocycles. The van der Waals surface area contributed by atoms with E-state index < -0.39 is 22.7 Å². The number of hydrogen-bond acceptors (Lipinski definition) is 2. The lowest BCUT2D eigenvalue weighted by Crippen LogP contribution is -2.44. The Labute approximate surface area is 161 Å². The number of nitrogens with two attached hydrogens (primary N) is 1. The van der Waals surface area contributed by atoms with Crippen molar-refractivity contribution in [1.29, 1.82) is 0 Å². The Morgan fingerprint density at radius 3 is 2.75 bits per heavy atom. The minimum absolute atomic E-state index is 0.117. The molecule has 0 fully saturated rings. The molecule has 0 aliphatic heterocycles. The van der Waals surface area contributed by atoms with E-state index in [0.29, 0.717) is 0 Å². The lowest BCUT2D eigenvalue weighted by atomic mass is 9.81. The van der Waals surface area contributed by atoms with Gasteiger partial charge in [-0.15, -0.1) is 0 Å². The molecule has 2 aromatic heterocycles. The van der Waals surface area contributed by atoms with Crippen molar-refractivity contribution in [2.75, 3.05) is 0 Å². The number of benzene rings is 1. The third-order valence-electron chi connectivity index (χ3n) is 4.34. The third-order valence-corrected chi connectivity index (χ3v) is 4.34. The van der Waals surface area contributed by atoms with Gasteiger partial charge in [0.25, 0.3) is 5.56 Å². The van der Waals surface area contributed by atoms with Crippen LogP contribution in [-0.2, 0) is 12.6 Å². The van der Waals surface area contributed by atoms with Gasteiger partial charge in [0.1, 0.15) is 11.6 Å². The Bertz CT molecular complexity index is 1170. The van der Waals surface area contributed by atoms with Gasteiger partial charge in [0.2, 0.25) is 0 Å². The molecule has 0 amide bonds. The summed E-state index contributed by atoms with van der Waals surface area (Å²) >= 11 is 0. The standard InChI is InChI=1S/C22H17F2N3O/c1-27-13-5-7-18(21(27)28)22(25,19-14-17(23)8-9-20(19)24)11-4-2-3-6-16-10-12-26-15-16/h5,7-10,12-15,26H,11,25H2,1H3. The highest BCUT2D eigenvalue weighted by Crippen LogP contribution is 2.30. The van der Waals surface area contributed by atoms with E-state index in [0.717, 1.165) is 23.8 Å². The molecule has 0 aliphatic carbocycles. The summed E-state index contributed by atoms with van der Waals surface area (Å²) in [5.74, 6) is 9.59. The minimum atomic E-state index is -1.63. The quantitative estimate of drug-likeness (QED) is 0.690. The molecular weight excluding hydrogens is 360 g/mol. The zero-order chi connectivity index (χ0) is 20.1. The largest absolute Gasteiger partial charge is 0.367 e. The third kappa shape index (κ3) is 3.88. The number of pyridine rings is 1. The fourth-order valence-electron chi connectivity index (χ4n) is 2.84. The molecule has 3 aromatic rings. The van der Waals surface area contributed by atoms with E-state index in [1.54, 1.807) is 37.8 Å². The molecule has 140 valence electrons. The number of aromatic amines is 1. The fourth-order valence-corrected chi connectivity index (χ4v) is 2.84. The molecule has 4 nitrogen and oxygen atoms in total. The summed E-state index contributed by atoms with van der Waals surface area (Å²) < 4.78 is 29.6. The minimum Gasteiger partial charge on any atom is -0.367 e. The van der Waals surface area contributed by atoms with Crippen LogP contribution >= 0.6 is 0 Å². The molecule has 2 heterocycles. The van der Waals surface area contributed by atoms with E-state index in [4.69, 9.17) is 5.73 Å². The first-order chi connectivity index (χ1) is 13.4. The maximum Gasteiger partial charge on any atom is 0.255 e. The second-order valence-corrected chi connectivity index (χ2v) is 6.26. The highest BCUT2D eigenvalue weighted by atomic mass is 19.1. The number of hydrogen-bond donors (Lipinski definition) is 2. The Morgan fingerprint density at radius 1 is 1.18 bits per heavy atom. The summed E-state index contributed by atoms with van der Waals surface area (Å²) in [6, 6.07) is 7.89. The molecule has 0 radical (unpaired) electrons. The zero-order valence-corrected chi connectivity index (χ0v) is 15.1. The number of halogens is 2. The molecule has 0 aliphatic rings. The average molecular weight is 377 g/mol. The van der Waals surface area contributed by atoms with Gasteiger partial charge in [-0.1, -0.05) is 11.8 Å². The van der Waals surface area contributed by atoms with Crippen LogP contribution in [0.15, 0.2) is 59.8 Å². The first kappa shape index (κ1) is 19.2. The summed E-state index contributed by atoms with van der Waals surface area (Å²) in [4.78, 5) is 15.5. The predicted octanol–water partition coefficient (Wildman–Crippen LogP) is 2.64. The maximum absolute atomic E-state index is 14.5. The van der Waals surface area contributed by atoms with Gasteiger partial charge in [-0.3, -0.25) is 4.79 Å². The highest BCUT2D eigenvalue weighted by molar-refractivity contribution is 5.42. The van der Waals surface area contributed by atoms with Gasteiger partial charge in [0, 0.05) is 48.7 Å². The smallest absolute Gasteiger partial charge is 0.255 e. The van der Waals surface area contributed by atoms with E-state index in [2.05, 4.69) is 28.7 Å². The molecule has 1 unspecified atom stereocenters. The molecule has 3 rings (SSSR count). The van der Waals surface area contributed by atoms with Crippen molar-refractivity contribution < 1.29 is 8.78 Å². The molecule has 0 spiro atoms. The van der Waals surface area contributed by atoms with Crippen LogP contribution in [0.3, 0.4) is 0 Å². The van der Waals surface area contributed by atoms with Crippen LogP contribution in [0.4, 0.5) is 8.78 Å². The molecule has 1 atom stereocenters. The monoisotopic (exact) mass is 377 g/mol. The topological polar surface area (TPSA) is 63.8 Å². The van der Waals surface area contributed by atoms with Gasteiger partial charge in [-0.05, 0) is 48.2 Å². The summed E-state index contributed by atoms with van der Waals surface area (Å²) in [6.45, 7) is 0. The Hall–Kier alpha value is -3.61. The van der Waals surface area contributed by atoms with E-state index in [9.17, 15) is 13.6 Å². The summed E-state index contributed by atoms with van der Waals surface area (Å²) in [5, 5.41) is 0. The van der Waals surface area contributed by atoms with Crippen LogP contribution in [0.2, 0.25) is 0 Å². The number of nitrogens with zero attached hydrogens (tertiary/aromatic N) is 1. The molecule has 28 heavy (non-hydrogen) atoms. The van der Waals surface area contributed by atoms with Gasteiger partial charge in [-0.25, -0.2) is 8.78 Å². The van der Waals surface area contributed by atoms with Gasteiger partial charge in [-0.2, -0.15) is 0 Å². The van der Waals surface area contributed by atoms with Crippen LogP contribution < -0.4 is 11.3 Å². The Morgan fingerprint density at radius 2 is 2.00 bits per heavy atom. The summed E-state index contributed by atoms with van der Waals surface area (Å²) in [7, 11) is 1.56. The molecular formula is C22H17F2N3O. The van der Waals surface area contributed by atoms with Crippen LogP contribution in [-0.4, -0.2) is 9.55 Å². The van der Waals surface area contributed by atoms with Crippen LogP contribution in [0.5, 0.6) is 0 Å². The van der Waals surface area contributed by atoms with Crippen LogP contribution in [0.25, 0.3) is 0 Å². The average Bonchev–Trinajstić information content (AvgIpc) is 3.19. The van der Waals surface area contributed by atoms with Crippen molar-refractivity contribution in [2.24, 2.45) is 12.8 Å². The van der Waals surface area contributed by atoms with E-state index in [1.807, 2.05) is 0 Å². The highest BCUT2D eigenvalue weighted by Gasteiger charge is 2.34. The summed E-state index contributed by atoms with van der Waals surface area (Å²) in [6.07, 6.45) is 4.90. The van der Waals surface area contributed by atoms with E-state index in [-0.39, 0.29) is 17.5 Å². The van der Waals surface area contributed by atoms with Crippen molar-refractivity contribution in [2.45, 2.75) is 12.0 Å². The Kier molecular flexibility index (Phi) is 5.44. The number of aryl methyl sites for hydroxylation is 1. The lowest BCUT2D eigenvalue weighted by Gasteiger charge is -2.28. The van der Waals surface area contributed by atoms with Gasteiger partial charge in [0.05, 0.1) is 5.54 Å². The molecule has 0 saturated heterocycles. The van der Waals surface area contributed by atoms with Gasteiger partial charge >= 0.3 is 0 Å². The molecule has 3 N–H and O–H groups in total. The molecule has 6 heteroatoms. The number of rotatable bonds is 3. The zero-order valence-electron chi connectivity index (χ0n) is 15.1. The van der Waals surface area contributed by atoms with Gasteiger partial charge < -0.3 is 15.3 Å². The SMILES string of the molecule is Cn1cccc(C(N)(CC#CC#Cc2cc[nH]c2)c2cc(F)ccc2F)c1=O. The van der Waals surface area contributed by atoms with Crippen molar-refractivity contribution >= 4 is 0 Å². The number of nitrogens with one attached hydrogen (secondary N) is 1. The number of aromatic nitrogens is 2. The number of H-pyrrole nitrogens is 1. The molecule has 1 aromatic carbocycles. The van der Waals surface area contributed by atoms with Crippen molar-refractivity contribution in [3.8, 4) is 23.7 Å². The van der Waals surface area contributed by atoms with E-state index in [1.165, 1.54) is 10.6 Å². The molecule has 0 bridgehead atoms. The second kappa shape index (κ2) is 7.96.